The summed E-state index contributed by atoms with van der Waals surface area (Å²) in [5, 5.41) is 1.77. The molecular weight excluding hydrogens is 280 g/mol. The van der Waals surface area contributed by atoms with Gasteiger partial charge in [-0.1, -0.05) is 24.3 Å². The summed E-state index contributed by atoms with van der Waals surface area (Å²) in [5.41, 5.74) is 0.883. The summed E-state index contributed by atoms with van der Waals surface area (Å²) in [6.07, 6.45) is 4.03. The highest BCUT2D eigenvalue weighted by molar-refractivity contribution is 5.80. The van der Waals surface area contributed by atoms with Gasteiger partial charge in [0.1, 0.15) is 0 Å². The molecule has 2 heterocycles. The van der Waals surface area contributed by atoms with Gasteiger partial charge in [-0.3, -0.25) is 9.82 Å². The summed E-state index contributed by atoms with van der Waals surface area (Å²) in [5.74, 6) is -0.375. The lowest BCUT2D eigenvalue weighted by Gasteiger charge is -2.26. The van der Waals surface area contributed by atoms with Gasteiger partial charge in [0.05, 0.1) is 18.8 Å². The molecule has 2 aromatic rings. The van der Waals surface area contributed by atoms with Crippen molar-refractivity contribution in [2.45, 2.75) is 25.0 Å². The lowest BCUT2D eigenvalue weighted by atomic mass is 9.94. The summed E-state index contributed by atoms with van der Waals surface area (Å²) in [4.78, 5) is 22.3. The molecule has 1 aliphatic heterocycles. The second kappa shape index (κ2) is 5.77. The smallest absolute Gasteiger partial charge is 0.340 e. The minimum Gasteiger partial charge on any atom is -0.467 e. The Balaban J connectivity index is 1.99. The summed E-state index contributed by atoms with van der Waals surface area (Å²) < 4.78 is 4.90. The minimum absolute atomic E-state index is 0.0970. The molecule has 0 aliphatic carbocycles. The molecule has 3 rings (SSSR count). The van der Waals surface area contributed by atoms with E-state index in [1.807, 2.05) is 42.5 Å². The molecule has 1 aromatic carbocycles. The SMILES string of the molecule is COC(=O)[C@@]1(C)C[C@@H](c2cccnc2)N(c2ccccc2)O1. The summed E-state index contributed by atoms with van der Waals surface area (Å²) in [7, 11) is 1.38. The van der Waals surface area contributed by atoms with Gasteiger partial charge in [-0.25, -0.2) is 9.86 Å². The number of hydroxylamine groups is 1. The van der Waals surface area contributed by atoms with Gasteiger partial charge in [0.25, 0.3) is 0 Å². The predicted molar refractivity (Wildman–Crippen MR) is 82.0 cm³/mol. The van der Waals surface area contributed by atoms with Gasteiger partial charge in [-0.15, -0.1) is 0 Å². The number of carbonyl (C=O) groups is 1. The van der Waals surface area contributed by atoms with E-state index in [9.17, 15) is 4.79 Å². The third kappa shape index (κ3) is 2.55. The fraction of sp³-hybridized carbons (Fsp3) is 0.294. The Morgan fingerprint density at radius 1 is 1.32 bits per heavy atom. The molecule has 5 nitrogen and oxygen atoms in total. The first-order valence-electron chi connectivity index (χ1n) is 7.16. The Morgan fingerprint density at radius 3 is 2.73 bits per heavy atom. The van der Waals surface area contributed by atoms with Crippen molar-refractivity contribution in [3.05, 3.63) is 60.4 Å². The van der Waals surface area contributed by atoms with Crippen molar-refractivity contribution in [3.63, 3.8) is 0 Å². The van der Waals surface area contributed by atoms with Crippen molar-refractivity contribution < 1.29 is 14.4 Å². The molecule has 5 heteroatoms. The van der Waals surface area contributed by atoms with Gasteiger partial charge < -0.3 is 4.74 Å². The fourth-order valence-corrected chi connectivity index (χ4v) is 2.74. The number of para-hydroxylation sites is 1. The lowest BCUT2D eigenvalue weighted by Crippen LogP contribution is -2.37. The average molecular weight is 298 g/mol. The number of hydrogen-bond donors (Lipinski definition) is 0. The van der Waals surface area contributed by atoms with Crippen LogP contribution in [0.1, 0.15) is 24.9 Å². The monoisotopic (exact) mass is 298 g/mol. The van der Waals surface area contributed by atoms with E-state index < -0.39 is 5.60 Å². The molecule has 1 aromatic heterocycles. The molecule has 1 aliphatic rings. The van der Waals surface area contributed by atoms with Gasteiger partial charge in [0, 0.05) is 18.8 Å². The van der Waals surface area contributed by atoms with E-state index in [1.54, 1.807) is 24.4 Å². The zero-order chi connectivity index (χ0) is 15.6. The number of methoxy groups -OCH3 is 1. The number of esters is 1. The van der Waals surface area contributed by atoms with Crippen LogP contribution in [-0.2, 0) is 14.4 Å². The van der Waals surface area contributed by atoms with E-state index >= 15 is 0 Å². The van der Waals surface area contributed by atoms with E-state index in [4.69, 9.17) is 9.57 Å². The van der Waals surface area contributed by atoms with Crippen molar-refractivity contribution >= 4 is 11.7 Å². The van der Waals surface area contributed by atoms with Crippen LogP contribution in [0.2, 0.25) is 0 Å². The first kappa shape index (κ1) is 14.5. The van der Waals surface area contributed by atoms with Crippen molar-refractivity contribution in [3.8, 4) is 0 Å². The van der Waals surface area contributed by atoms with Gasteiger partial charge in [0.15, 0.2) is 5.60 Å². The van der Waals surface area contributed by atoms with Crippen LogP contribution < -0.4 is 5.06 Å². The maximum atomic E-state index is 12.1. The van der Waals surface area contributed by atoms with Gasteiger partial charge in [-0.2, -0.15) is 0 Å². The molecule has 0 spiro atoms. The van der Waals surface area contributed by atoms with E-state index in [0.717, 1.165) is 11.3 Å². The van der Waals surface area contributed by atoms with Crippen LogP contribution in [0.25, 0.3) is 0 Å². The van der Waals surface area contributed by atoms with Crippen molar-refractivity contribution in [2.75, 3.05) is 12.2 Å². The normalized spacial score (nSPS) is 24.3. The van der Waals surface area contributed by atoms with Gasteiger partial charge in [-0.05, 0) is 30.7 Å². The Bertz CT molecular complexity index is 598. The van der Waals surface area contributed by atoms with Crippen LogP contribution in [0.15, 0.2) is 54.9 Å². The molecule has 2 atom stereocenters. The number of anilines is 1. The molecule has 0 radical (unpaired) electrons. The Kier molecular flexibility index (Phi) is 3.81. The van der Waals surface area contributed by atoms with Crippen LogP contribution >= 0.6 is 0 Å². The van der Waals surface area contributed by atoms with Crippen molar-refractivity contribution in [2.24, 2.45) is 0 Å². The van der Waals surface area contributed by atoms with Gasteiger partial charge in [0.2, 0.25) is 0 Å². The van der Waals surface area contributed by atoms with Gasteiger partial charge >= 0.3 is 5.97 Å². The molecule has 0 unspecified atom stereocenters. The van der Waals surface area contributed by atoms with Crippen molar-refractivity contribution in [1.29, 1.82) is 0 Å². The molecule has 0 amide bonds. The third-order valence-electron chi connectivity index (χ3n) is 3.86. The third-order valence-corrected chi connectivity index (χ3v) is 3.86. The molecule has 1 saturated heterocycles. The first-order chi connectivity index (χ1) is 10.6. The Hall–Kier alpha value is -2.40. The number of nitrogens with zero attached hydrogens (tertiary/aromatic N) is 2. The minimum atomic E-state index is -1.01. The van der Waals surface area contributed by atoms with E-state index in [2.05, 4.69) is 4.98 Å². The Morgan fingerprint density at radius 2 is 2.09 bits per heavy atom. The predicted octanol–water partition coefficient (Wildman–Crippen LogP) is 2.90. The van der Waals surface area contributed by atoms with Crippen LogP contribution in [0, 0.1) is 0 Å². The van der Waals surface area contributed by atoms with E-state index in [-0.39, 0.29) is 12.0 Å². The molecule has 0 saturated carbocycles. The molecule has 114 valence electrons. The highest BCUT2D eigenvalue weighted by Gasteiger charge is 2.49. The van der Waals surface area contributed by atoms with Crippen LogP contribution in [0.4, 0.5) is 5.69 Å². The second-order valence-corrected chi connectivity index (χ2v) is 5.48. The zero-order valence-corrected chi connectivity index (χ0v) is 12.6. The number of benzene rings is 1. The summed E-state index contributed by atoms with van der Waals surface area (Å²) in [6.45, 7) is 1.76. The molecule has 22 heavy (non-hydrogen) atoms. The number of ether oxygens (including phenoxy) is 1. The quantitative estimate of drug-likeness (QED) is 0.816. The van der Waals surface area contributed by atoms with Crippen LogP contribution in [-0.4, -0.2) is 23.7 Å². The first-order valence-corrected chi connectivity index (χ1v) is 7.16. The number of hydrogen-bond acceptors (Lipinski definition) is 5. The number of rotatable bonds is 3. The Labute approximate surface area is 129 Å². The molecular formula is C17H18N2O3. The fourth-order valence-electron chi connectivity index (χ4n) is 2.74. The number of aromatic nitrogens is 1. The standard InChI is InChI=1S/C17H18N2O3/c1-17(16(20)21-2)11-15(13-7-6-10-18-12-13)19(22-17)14-8-4-3-5-9-14/h3-10,12,15H,11H2,1-2H3/t15-,17+/m0/s1. The summed E-state index contributed by atoms with van der Waals surface area (Å²) >= 11 is 0. The topological polar surface area (TPSA) is 51.7 Å². The largest absolute Gasteiger partial charge is 0.467 e. The maximum absolute atomic E-state index is 12.1. The van der Waals surface area contributed by atoms with E-state index in [0.29, 0.717) is 6.42 Å². The second-order valence-electron chi connectivity index (χ2n) is 5.48. The van der Waals surface area contributed by atoms with Crippen molar-refractivity contribution in [1.82, 2.24) is 4.98 Å². The molecule has 0 bridgehead atoms. The zero-order valence-electron chi connectivity index (χ0n) is 12.6. The maximum Gasteiger partial charge on any atom is 0.340 e. The summed E-state index contributed by atoms with van der Waals surface area (Å²) in [6, 6.07) is 13.5. The van der Waals surface area contributed by atoms with E-state index in [1.165, 1.54) is 7.11 Å². The number of pyridine rings is 1. The number of carbonyl (C=O) groups excluding carboxylic acids is 1. The van der Waals surface area contributed by atoms with Crippen LogP contribution in [0.5, 0.6) is 0 Å². The molecule has 0 N–H and O–H groups in total. The lowest BCUT2D eigenvalue weighted by molar-refractivity contribution is -0.163. The van der Waals surface area contributed by atoms with Crippen LogP contribution in [0.3, 0.4) is 0 Å². The highest BCUT2D eigenvalue weighted by atomic mass is 16.7. The highest BCUT2D eigenvalue weighted by Crippen LogP contribution is 2.43. The molecule has 1 fully saturated rings. The average Bonchev–Trinajstić information content (AvgIpc) is 2.95.